The molecule has 3 heterocycles. The molecule has 0 radical (unpaired) electrons. The summed E-state index contributed by atoms with van der Waals surface area (Å²) in [5, 5.41) is 0. The summed E-state index contributed by atoms with van der Waals surface area (Å²) in [5.41, 5.74) is 5.29. The van der Waals surface area contributed by atoms with Gasteiger partial charge in [-0.2, -0.15) is 0 Å². The minimum absolute atomic E-state index is 0.121. The van der Waals surface area contributed by atoms with E-state index in [0.29, 0.717) is 11.8 Å². The zero-order valence-corrected chi connectivity index (χ0v) is 18.3. The molecule has 1 saturated heterocycles. The Kier molecular flexibility index (Phi) is 5.26. The molecule has 5 heteroatoms. The van der Waals surface area contributed by atoms with Gasteiger partial charge in [-0.05, 0) is 68.0 Å². The molecule has 0 unspecified atom stereocenters. The largest absolute Gasteiger partial charge is 0.441 e. The Hall–Kier alpha value is -3.08. The van der Waals surface area contributed by atoms with Crippen molar-refractivity contribution in [2.24, 2.45) is 5.92 Å². The number of oxazole rings is 1. The van der Waals surface area contributed by atoms with Crippen LogP contribution in [0.2, 0.25) is 0 Å². The molecular formula is C26H29N3O2. The van der Waals surface area contributed by atoms with E-state index in [1.54, 1.807) is 0 Å². The number of hydrogen-bond acceptors (Lipinski definition) is 4. The molecule has 5 rings (SSSR count). The van der Waals surface area contributed by atoms with E-state index in [1.807, 2.05) is 36.1 Å². The zero-order chi connectivity index (χ0) is 21.4. The molecule has 0 bridgehead atoms. The first-order valence-electron chi connectivity index (χ1n) is 11.3. The Balaban J connectivity index is 1.30. The number of aromatic nitrogens is 1. The van der Waals surface area contributed by atoms with E-state index in [4.69, 9.17) is 9.40 Å². The Morgan fingerprint density at radius 3 is 2.58 bits per heavy atom. The van der Waals surface area contributed by atoms with Crippen molar-refractivity contribution in [1.29, 1.82) is 0 Å². The van der Waals surface area contributed by atoms with Gasteiger partial charge < -0.3 is 14.2 Å². The number of anilines is 1. The van der Waals surface area contributed by atoms with Crippen LogP contribution in [0.4, 0.5) is 5.69 Å². The third-order valence-corrected chi connectivity index (χ3v) is 6.67. The molecule has 31 heavy (non-hydrogen) atoms. The number of likely N-dealkylation sites (tertiary alicyclic amines) is 1. The number of benzene rings is 2. The highest BCUT2D eigenvalue weighted by molar-refractivity contribution is 5.94. The molecule has 2 aliphatic rings. The molecule has 1 amide bonds. The number of carbonyl (C=O) groups excluding carboxylic acids is 1. The van der Waals surface area contributed by atoms with Crippen LogP contribution in [-0.2, 0) is 13.0 Å². The number of aryl methyl sites for hydroxylation is 1. The third-order valence-electron chi connectivity index (χ3n) is 6.67. The van der Waals surface area contributed by atoms with E-state index in [0.717, 1.165) is 68.0 Å². The summed E-state index contributed by atoms with van der Waals surface area (Å²) in [6, 6.07) is 16.2. The fourth-order valence-corrected chi connectivity index (χ4v) is 4.60. The maximum Gasteiger partial charge on any atom is 0.253 e. The molecule has 0 N–H and O–H groups in total. The molecular weight excluding hydrogens is 386 g/mol. The van der Waals surface area contributed by atoms with Crippen molar-refractivity contribution >= 4 is 11.6 Å². The van der Waals surface area contributed by atoms with Gasteiger partial charge in [-0.1, -0.05) is 25.1 Å². The average molecular weight is 416 g/mol. The van der Waals surface area contributed by atoms with Crippen LogP contribution in [0.15, 0.2) is 52.9 Å². The monoisotopic (exact) mass is 415 g/mol. The number of nitrogens with zero attached hydrogens (tertiary/aromatic N) is 3. The van der Waals surface area contributed by atoms with Crippen molar-refractivity contribution < 1.29 is 9.21 Å². The van der Waals surface area contributed by atoms with Crippen molar-refractivity contribution in [3.63, 3.8) is 0 Å². The number of amides is 1. The molecule has 1 aromatic heterocycles. The summed E-state index contributed by atoms with van der Waals surface area (Å²) in [6.07, 6.45) is 3.25. The van der Waals surface area contributed by atoms with Gasteiger partial charge in [-0.3, -0.25) is 4.79 Å². The van der Waals surface area contributed by atoms with E-state index in [-0.39, 0.29) is 5.91 Å². The van der Waals surface area contributed by atoms with Crippen molar-refractivity contribution in [2.45, 2.75) is 39.7 Å². The van der Waals surface area contributed by atoms with E-state index in [9.17, 15) is 4.79 Å². The summed E-state index contributed by atoms with van der Waals surface area (Å²) in [5.74, 6) is 2.30. The molecule has 5 nitrogen and oxygen atoms in total. The van der Waals surface area contributed by atoms with Crippen LogP contribution >= 0.6 is 0 Å². The average Bonchev–Trinajstić information content (AvgIpc) is 3.38. The minimum Gasteiger partial charge on any atom is -0.441 e. The van der Waals surface area contributed by atoms with Crippen LogP contribution in [0.5, 0.6) is 0 Å². The predicted octanol–water partition coefficient (Wildman–Crippen LogP) is 5.08. The van der Waals surface area contributed by atoms with Crippen molar-refractivity contribution in [2.75, 3.05) is 24.5 Å². The van der Waals surface area contributed by atoms with Gasteiger partial charge in [0.1, 0.15) is 11.5 Å². The molecule has 0 saturated carbocycles. The van der Waals surface area contributed by atoms with Gasteiger partial charge in [0.25, 0.3) is 5.91 Å². The van der Waals surface area contributed by atoms with Crippen molar-refractivity contribution in [1.82, 2.24) is 9.88 Å². The lowest BCUT2D eigenvalue weighted by molar-refractivity contribution is 0.0697. The number of rotatable bonds is 4. The molecule has 160 valence electrons. The number of carbonyl (C=O) groups is 1. The molecule has 0 spiro atoms. The maximum absolute atomic E-state index is 12.8. The minimum atomic E-state index is 0.121. The lowest BCUT2D eigenvalue weighted by Crippen LogP contribution is -2.37. The van der Waals surface area contributed by atoms with Crippen LogP contribution in [0.25, 0.3) is 11.5 Å². The standard InChI is InChI=1S/C26H29N3O2/c1-18-11-14-28(15-12-18)26(30)22-9-7-21(8-10-22)25-27-23(19(2)31-25)17-29-16-13-20-5-3-4-6-24(20)29/h3-10,18H,11-17H2,1-2H3. The molecule has 1 fully saturated rings. The molecule has 0 aliphatic carbocycles. The van der Waals surface area contributed by atoms with Gasteiger partial charge in [0.05, 0.1) is 6.54 Å². The van der Waals surface area contributed by atoms with Gasteiger partial charge in [-0.25, -0.2) is 4.98 Å². The normalized spacial score (nSPS) is 16.6. The van der Waals surface area contributed by atoms with E-state index >= 15 is 0 Å². The molecule has 0 atom stereocenters. The highest BCUT2D eigenvalue weighted by Crippen LogP contribution is 2.30. The number of hydrogen-bond donors (Lipinski definition) is 0. The van der Waals surface area contributed by atoms with Crippen LogP contribution in [0, 0.1) is 12.8 Å². The Bertz CT molecular complexity index is 1080. The molecule has 2 aromatic carbocycles. The number of para-hydroxylation sites is 1. The second kappa shape index (κ2) is 8.22. The SMILES string of the molecule is Cc1oc(-c2ccc(C(=O)N3CCC(C)CC3)cc2)nc1CN1CCc2ccccc21. The highest BCUT2D eigenvalue weighted by Gasteiger charge is 2.23. The summed E-state index contributed by atoms with van der Waals surface area (Å²) in [7, 11) is 0. The predicted molar refractivity (Wildman–Crippen MR) is 122 cm³/mol. The fourth-order valence-electron chi connectivity index (χ4n) is 4.60. The van der Waals surface area contributed by atoms with Crippen LogP contribution < -0.4 is 4.90 Å². The smallest absolute Gasteiger partial charge is 0.253 e. The number of piperidine rings is 1. The Morgan fingerprint density at radius 2 is 1.81 bits per heavy atom. The van der Waals surface area contributed by atoms with E-state index in [2.05, 4.69) is 36.1 Å². The number of fused-ring (bicyclic) bond motifs is 1. The molecule has 2 aliphatic heterocycles. The quantitative estimate of drug-likeness (QED) is 0.596. The lowest BCUT2D eigenvalue weighted by Gasteiger charge is -2.30. The maximum atomic E-state index is 12.8. The third kappa shape index (κ3) is 3.97. The summed E-state index contributed by atoms with van der Waals surface area (Å²) < 4.78 is 5.99. The van der Waals surface area contributed by atoms with Gasteiger partial charge in [-0.15, -0.1) is 0 Å². The zero-order valence-electron chi connectivity index (χ0n) is 18.3. The fraction of sp³-hybridized carbons (Fsp3) is 0.385. The Morgan fingerprint density at radius 1 is 1.06 bits per heavy atom. The summed E-state index contributed by atoms with van der Waals surface area (Å²) in [6.45, 7) is 7.69. The van der Waals surface area contributed by atoms with E-state index in [1.165, 1.54) is 11.3 Å². The first-order chi connectivity index (χ1) is 15.1. The van der Waals surface area contributed by atoms with E-state index < -0.39 is 0 Å². The first-order valence-corrected chi connectivity index (χ1v) is 11.3. The van der Waals surface area contributed by atoms with Gasteiger partial charge >= 0.3 is 0 Å². The van der Waals surface area contributed by atoms with Crippen LogP contribution in [-0.4, -0.2) is 35.4 Å². The second-order valence-electron chi connectivity index (χ2n) is 8.87. The van der Waals surface area contributed by atoms with Gasteiger partial charge in [0.2, 0.25) is 5.89 Å². The van der Waals surface area contributed by atoms with Gasteiger partial charge in [0.15, 0.2) is 0 Å². The van der Waals surface area contributed by atoms with Gasteiger partial charge in [0, 0.05) is 36.4 Å². The summed E-state index contributed by atoms with van der Waals surface area (Å²) in [4.78, 5) is 21.9. The highest BCUT2D eigenvalue weighted by atomic mass is 16.4. The Labute approximate surface area is 183 Å². The van der Waals surface area contributed by atoms with Crippen molar-refractivity contribution in [3.8, 4) is 11.5 Å². The first kappa shape index (κ1) is 19.9. The molecule has 3 aromatic rings. The second-order valence-corrected chi connectivity index (χ2v) is 8.87. The van der Waals surface area contributed by atoms with Crippen LogP contribution in [0.1, 0.15) is 47.1 Å². The van der Waals surface area contributed by atoms with Crippen molar-refractivity contribution in [3.05, 3.63) is 71.1 Å². The lowest BCUT2D eigenvalue weighted by atomic mass is 9.98. The van der Waals surface area contributed by atoms with Crippen LogP contribution in [0.3, 0.4) is 0 Å². The topological polar surface area (TPSA) is 49.6 Å². The summed E-state index contributed by atoms with van der Waals surface area (Å²) >= 11 is 0.